The minimum absolute atomic E-state index is 0.0240. The number of thioether (sulfide) groups is 1. The van der Waals surface area contributed by atoms with Crippen LogP contribution in [0, 0.1) is 17.5 Å². The number of nitrogens with one attached hydrogen (secondary N) is 1. The molecule has 7 nitrogen and oxygen atoms in total. The average molecular weight is 656 g/mol. The van der Waals surface area contributed by atoms with Crippen LogP contribution >= 0.6 is 39.3 Å². The van der Waals surface area contributed by atoms with Crippen LogP contribution in [0.1, 0.15) is 18.1 Å². The van der Waals surface area contributed by atoms with E-state index in [2.05, 4.69) is 15.9 Å². The van der Waals surface area contributed by atoms with Gasteiger partial charge in [0.1, 0.15) is 13.2 Å². The summed E-state index contributed by atoms with van der Waals surface area (Å²) in [5.74, 6) is -5.73. The molecule has 0 spiro atoms. The summed E-state index contributed by atoms with van der Waals surface area (Å²) in [4.78, 5) is 38.4. The number of halogens is 5. The van der Waals surface area contributed by atoms with Gasteiger partial charge in [-0.25, -0.2) is 13.2 Å². The first kappa shape index (κ1) is 29.5. The Morgan fingerprint density at radius 2 is 1.85 bits per heavy atom. The van der Waals surface area contributed by atoms with Crippen LogP contribution in [0.4, 0.5) is 23.7 Å². The van der Waals surface area contributed by atoms with Gasteiger partial charge in [0.15, 0.2) is 29.0 Å². The first-order valence-corrected chi connectivity index (χ1v) is 13.6. The lowest BCUT2D eigenvalue weighted by Crippen LogP contribution is -2.36. The van der Waals surface area contributed by atoms with Gasteiger partial charge in [-0.1, -0.05) is 29.8 Å². The first-order valence-electron chi connectivity index (χ1n) is 11.6. The van der Waals surface area contributed by atoms with Gasteiger partial charge in [0.05, 0.1) is 21.7 Å². The molecule has 0 radical (unpaired) electrons. The number of hydrogen-bond donors (Lipinski definition) is 1. The van der Waals surface area contributed by atoms with Crippen LogP contribution in [0.3, 0.4) is 0 Å². The van der Waals surface area contributed by atoms with Gasteiger partial charge in [-0.15, -0.1) is 0 Å². The Balaban J connectivity index is 1.50. The van der Waals surface area contributed by atoms with Crippen molar-refractivity contribution >= 4 is 68.1 Å². The molecular formula is C27H19BrClF3N2O5S. The number of nitrogens with zero attached hydrogens (tertiary/aromatic N) is 1. The molecule has 0 saturated carbocycles. The maximum atomic E-state index is 13.9. The number of benzene rings is 3. The molecule has 1 aliphatic heterocycles. The van der Waals surface area contributed by atoms with E-state index in [4.69, 9.17) is 21.1 Å². The number of ether oxygens (including phenoxy) is 2. The SMILES string of the molecule is CCOc1cc(/C=C2/SC(=O)N(CC(=O)Nc3ccc(F)c(F)c3F)C2=O)cc(Br)c1OCc1ccccc1Cl. The van der Waals surface area contributed by atoms with Crippen molar-refractivity contribution in [1.29, 1.82) is 0 Å². The average Bonchev–Trinajstić information content (AvgIpc) is 3.16. The normalized spacial score (nSPS) is 14.2. The van der Waals surface area contributed by atoms with Crippen LogP contribution in [0.5, 0.6) is 11.5 Å². The fourth-order valence-electron chi connectivity index (χ4n) is 3.58. The van der Waals surface area contributed by atoms with E-state index in [9.17, 15) is 27.6 Å². The molecule has 3 aromatic rings. The van der Waals surface area contributed by atoms with Crippen molar-refractivity contribution in [2.75, 3.05) is 18.5 Å². The molecule has 1 saturated heterocycles. The summed E-state index contributed by atoms with van der Waals surface area (Å²) in [6.07, 6.45) is 1.45. The number of hydrogen-bond acceptors (Lipinski definition) is 6. The lowest BCUT2D eigenvalue weighted by molar-refractivity contribution is -0.127. The molecule has 0 aliphatic carbocycles. The van der Waals surface area contributed by atoms with Gasteiger partial charge in [0.25, 0.3) is 11.1 Å². The van der Waals surface area contributed by atoms with Crippen molar-refractivity contribution < 1.29 is 37.0 Å². The summed E-state index contributed by atoms with van der Waals surface area (Å²) in [6, 6.07) is 12.0. The van der Waals surface area contributed by atoms with Crippen LogP contribution in [0.25, 0.3) is 6.08 Å². The summed E-state index contributed by atoms with van der Waals surface area (Å²) in [5, 5.41) is 1.85. The molecule has 0 atom stereocenters. The Morgan fingerprint density at radius 3 is 2.58 bits per heavy atom. The van der Waals surface area contributed by atoms with Crippen LogP contribution < -0.4 is 14.8 Å². The van der Waals surface area contributed by atoms with Crippen LogP contribution in [0.2, 0.25) is 5.02 Å². The third-order valence-corrected chi connectivity index (χ3v) is 7.31. The molecule has 208 valence electrons. The van der Waals surface area contributed by atoms with Gasteiger partial charge < -0.3 is 14.8 Å². The van der Waals surface area contributed by atoms with Crippen molar-refractivity contribution in [3.63, 3.8) is 0 Å². The lowest BCUT2D eigenvalue weighted by Gasteiger charge is -2.15. The Morgan fingerprint density at radius 1 is 1.10 bits per heavy atom. The lowest BCUT2D eigenvalue weighted by atomic mass is 10.1. The highest BCUT2D eigenvalue weighted by molar-refractivity contribution is 9.10. The minimum Gasteiger partial charge on any atom is -0.490 e. The van der Waals surface area contributed by atoms with Crippen LogP contribution in [-0.4, -0.2) is 35.1 Å². The number of carbonyl (C=O) groups excluding carboxylic acids is 3. The van der Waals surface area contributed by atoms with E-state index in [0.717, 1.165) is 11.6 Å². The standard InChI is InChI=1S/C27H19BrClF3N2O5S/c1-2-38-20-10-14(9-16(28)25(20)39-13-15-5-3-4-6-17(15)29)11-21-26(36)34(27(37)40-21)12-22(35)33-19-8-7-18(30)23(31)24(19)32/h3-11H,2,12-13H2,1H3,(H,33,35)/b21-11+. The zero-order chi connectivity index (χ0) is 29.0. The maximum Gasteiger partial charge on any atom is 0.294 e. The third kappa shape index (κ3) is 6.62. The van der Waals surface area contributed by atoms with E-state index in [1.54, 1.807) is 25.1 Å². The second kappa shape index (κ2) is 12.8. The molecule has 0 aromatic heterocycles. The summed E-state index contributed by atoms with van der Waals surface area (Å²) >= 11 is 10.3. The number of anilines is 1. The van der Waals surface area contributed by atoms with Gasteiger partial charge in [-0.05, 0) is 76.6 Å². The topological polar surface area (TPSA) is 84.9 Å². The van der Waals surface area contributed by atoms with Crippen LogP contribution in [0.15, 0.2) is 57.9 Å². The zero-order valence-electron chi connectivity index (χ0n) is 20.6. The van der Waals surface area contributed by atoms with E-state index in [1.165, 1.54) is 6.08 Å². The quantitative estimate of drug-likeness (QED) is 0.194. The minimum atomic E-state index is -1.76. The van der Waals surface area contributed by atoms with Gasteiger partial charge in [-0.2, -0.15) is 0 Å². The highest BCUT2D eigenvalue weighted by atomic mass is 79.9. The summed E-state index contributed by atoms with van der Waals surface area (Å²) in [7, 11) is 0. The Hall–Kier alpha value is -3.48. The molecule has 4 rings (SSSR count). The largest absolute Gasteiger partial charge is 0.490 e. The number of rotatable bonds is 9. The molecular weight excluding hydrogens is 637 g/mol. The van der Waals surface area contributed by atoms with Crippen molar-refractivity contribution in [1.82, 2.24) is 4.90 Å². The molecule has 1 fully saturated rings. The van der Waals surface area contributed by atoms with Gasteiger partial charge in [0, 0.05) is 10.6 Å². The van der Waals surface area contributed by atoms with Crippen molar-refractivity contribution in [3.05, 3.63) is 91.5 Å². The Bertz CT molecular complexity index is 1540. The molecule has 0 unspecified atom stereocenters. The predicted octanol–water partition coefficient (Wildman–Crippen LogP) is 7.17. The molecule has 0 bridgehead atoms. The summed E-state index contributed by atoms with van der Waals surface area (Å²) in [5.41, 5.74) is 0.642. The molecule has 1 heterocycles. The fourth-order valence-corrected chi connectivity index (χ4v) is 5.19. The van der Waals surface area contributed by atoms with E-state index in [1.807, 2.05) is 23.5 Å². The second-order valence-electron chi connectivity index (χ2n) is 8.18. The van der Waals surface area contributed by atoms with Crippen molar-refractivity contribution in [2.45, 2.75) is 13.5 Å². The third-order valence-electron chi connectivity index (χ3n) is 5.44. The molecule has 3 amide bonds. The van der Waals surface area contributed by atoms with Crippen LogP contribution in [-0.2, 0) is 16.2 Å². The molecule has 13 heteroatoms. The smallest absolute Gasteiger partial charge is 0.294 e. The molecule has 1 N–H and O–H groups in total. The van der Waals surface area contributed by atoms with Gasteiger partial charge >= 0.3 is 0 Å². The fraction of sp³-hybridized carbons (Fsp3) is 0.148. The van der Waals surface area contributed by atoms with Crippen molar-refractivity contribution in [3.8, 4) is 11.5 Å². The van der Waals surface area contributed by atoms with E-state index in [0.29, 0.717) is 55.9 Å². The van der Waals surface area contributed by atoms with Crippen molar-refractivity contribution in [2.24, 2.45) is 0 Å². The van der Waals surface area contributed by atoms with E-state index in [-0.39, 0.29) is 11.5 Å². The van der Waals surface area contributed by atoms with E-state index < -0.39 is 46.7 Å². The number of imide groups is 1. The Kier molecular flexibility index (Phi) is 9.44. The monoisotopic (exact) mass is 654 g/mol. The summed E-state index contributed by atoms with van der Waals surface area (Å²) in [6.45, 7) is 1.53. The molecule has 1 aliphatic rings. The molecule has 40 heavy (non-hydrogen) atoms. The Labute approximate surface area is 244 Å². The maximum absolute atomic E-state index is 13.9. The predicted molar refractivity (Wildman–Crippen MR) is 149 cm³/mol. The molecule has 3 aromatic carbocycles. The zero-order valence-corrected chi connectivity index (χ0v) is 23.8. The van der Waals surface area contributed by atoms with E-state index >= 15 is 0 Å². The highest BCUT2D eigenvalue weighted by Gasteiger charge is 2.36. The van der Waals surface area contributed by atoms with Gasteiger partial charge in [0.2, 0.25) is 5.91 Å². The highest BCUT2D eigenvalue weighted by Crippen LogP contribution is 2.40. The summed E-state index contributed by atoms with van der Waals surface area (Å²) < 4.78 is 52.6. The number of amides is 3. The number of carbonyl (C=O) groups is 3. The first-order chi connectivity index (χ1) is 19.1. The van der Waals surface area contributed by atoms with Gasteiger partial charge in [-0.3, -0.25) is 19.3 Å². The second-order valence-corrected chi connectivity index (χ2v) is 10.4.